The molecule has 8 atom stereocenters. The van der Waals surface area contributed by atoms with Gasteiger partial charge in [0.1, 0.15) is 43.4 Å². The molecule has 3 aromatic heterocycles. The first-order chi connectivity index (χ1) is 43.7. The molecule has 7 N–H and O–H groups in total. The van der Waals surface area contributed by atoms with Crippen molar-refractivity contribution in [1.82, 2.24) is 39.7 Å². The lowest BCUT2D eigenvalue weighted by atomic mass is 9.81. The van der Waals surface area contributed by atoms with Crippen LogP contribution in [0.4, 0.5) is 20.6 Å². The zero-order chi connectivity index (χ0) is 65.9. The molecular weight excluding hydrogens is 1220 g/mol. The van der Waals surface area contributed by atoms with Crippen molar-refractivity contribution in [3.05, 3.63) is 149 Å². The van der Waals surface area contributed by atoms with Gasteiger partial charge in [0.05, 0.1) is 70.9 Å². The number of benzene rings is 3. The first kappa shape index (κ1) is 63.2. The molecule has 7 heterocycles. The number of nitrogens with one attached hydrogen (secondary N) is 1. The topological polar surface area (TPSA) is 425 Å². The van der Waals surface area contributed by atoms with Crippen LogP contribution in [0, 0.1) is 22.9 Å². The molecule has 0 radical (unpaired) electrons. The number of amides is 5. The summed E-state index contributed by atoms with van der Waals surface area (Å²) >= 11 is 0. The van der Waals surface area contributed by atoms with Gasteiger partial charge in [0, 0.05) is 67.0 Å². The quantitative estimate of drug-likeness (QED) is 0.0243. The first-order valence-electron chi connectivity index (χ1n) is 28.7. The lowest BCUT2D eigenvalue weighted by Gasteiger charge is -2.38. The number of aliphatic hydroxyl groups is 4. The molecule has 1 saturated heterocycles. The van der Waals surface area contributed by atoms with E-state index in [4.69, 9.17) is 23.9 Å². The Hall–Kier alpha value is -10.4. The second-order valence-corrected chi connectivity index (χ2v) is 22.6. The van der Waals surface area contributed by atoms with E-state index in [1.54, 1.807) is 13.8 Å². The number of carbonyl (C=O) groups excluding carboxylic acids is 6. The fraction of sp³-hybridized carbons (Fsp3) is 0.367. The van der Waals surface area contributed by atoms with Gasteiger partial charge in [-0.15, -0.1) is 5.10 Å². The summed E-state index contributed by atoms with van der Waals surface area (Å²) in [5.41, 5.74) is -0.545. The van der Waals surface area contributed by atoms with E-state index >= 15 is 4.39 Å². The highest BCUT2D eigenvalue weighted by molar-refractivity contribution is 6.28. The van der Waals surface area contributed by atoms with Crippen LogP contribution in [0.25, 0.3) is 22.3 Å². The number of halogens is 1. The van der Waals surface area contributed by atoms with Crippen molar-refractivity contribution in [2.75, 3.05) is 31.6 Å². The van der Waals surface area contributed by atoms with E-state index in [-0.39, 0.29) is 90.3 Å². The highest BCUT2D eigenvalue weighted by Crippen LogP contribution is 2.46. The smallest absolute Gasteiger partial charge is 0.408 e. The van der Waals surface area contributed by atoms with Gasteiger partial charge in [-0.05, 0) is 78.3 Å². The Morgan fingerprint density at radius 2 is 1.67 bits per heavy atom. The Morgan fingerprint density at radius 1 is 0.946 bits per heavy atom. The minimum atomic E-state index is -2.17. The fourth-order valence-corrected chi connectivity index (χ4v) is 12.0. The molecule has 5 aliphatic rings. The average molecular weight is 1270 g/mol. The molecule has 92 heavy (non-hydrogen) atoms. The van der Waals surface area contributed by atoms with Crippen molar-refractivity contribution in [2.24, 2.45) is 0 Å². The molecule has 5 amide bonds. The van der Waals surface area contributed by atoms with Crippen molar-refractivity contribution >= 4 is 69.9 Å². The monoisotopic (exact) mass is 1270 g/mol. The van der Waals surface area contributed by atoms with E-state index in [9.17, 15) is 83.9 Å². The van der Waals surface area contributed by atoms with Crippen molar-refractivity contribution in [1.29, 1.82) is 0 Å². The number of ether oxygens (including phenoxy) is 4. The Bertz CT molecular complexity index is 4190. The number of carboxylic acids is 2. The maximum atomic E-state index is 15.8. The van der Waals surface area contributed by atoms with E-state index in [0.29, 0.717) is 33.2 Å². The predicted octanol–water partition coefficient (Wildman–Crippen LogP) is 1.04. The Kier molecular flexibility index (Phi) is 17.0. The number of esters is 1. The van der Waals surface area contributed by atoms with Gasteiger partial charge in [-0.1, -0.05) is 30.3 Å². The number of anilines is 1. The predicted molar refractivity (Wildman–Crippen MR) is 308 cm³/mol. The van der Waals surface area contributed by atoms with E-state index in [2.05, 4.69) is 15.6 Å². The standard InChI is InChI=1S/C60H57FN10O21/c1-4-60(86)35-20-40-50-33(23-69(40)55(81)34(35)26-89-58(60)84)49-37(11-10-32-27(2)36(61)21-38(62-50)48(32)49)63-59(85)91-42(29-7-12-41(39(18-29)71(87)88)90-57-53(80)51(78)52(79)54(92-57)56(82)83)19-30-22-68(65-64-30)16-15-67(24-46(75)66(3)25-47(76)77)45(74)17-28-5-8-31(9-6-28)70-43(72)13-14-44(70)73/h5-9,12-14,18,20-22,37,42,51-54,57,78-80,86H,4,10-11,15-17,19,23-26H2,1-3H3,(H,63,85)(H,76,77)(H,82,83)/t37-,42?,51?,52?,53?,54?,57?,60+/m0/s1. The Labute approximate surface area is 517 Å². The number of carboxylic acid groups (broad SMARTS) is 2. The number of pyridine rings is 2. The maximum Gasteiger partial charge on any atom is 0.408 e. The Balaban J connectivity index is 0.898. The molecule has 480 valence electrons. The number of aromatic nitrogens is 5. The number of nitrogens with zero attached hydrogens (tertiary/aromatic N) is 9. The van der Waals surface area contributed by atoms with Gasteiger partial charge in [0.25, 0.3) is 17.4 Å². The number of fused-ring (bicyclic) bond motifs is 5. The minimum absolute atomic E-state index is 0.0276. The van der Waals surface area contributed by atoms with Crippen LogP contribution in [0.3, 0.4) is 0 Å². The lowest BCUT2D eigenvalue weighted by molar-refractivity contribution is -0.387. The molecule has 6 aromatic rings. The molecule has 6 unspecified atom stereocenters. The number of imide groups is 1. The highest BCUT2D eigenvalue weighted by Gasteiger charge is 2.49. The average Bonchev–Trinajstić information content (AvgIpc) is 1.44. The molecule has 32 heteroatoms. The summed E-state index contributed by atoms with van der Waals surface area (Å²) in [5.74, 6) is -7.69. The van der Waals surface area contributed by atoms with Crippen LogP contribution in [-0.2, 0) is 92.3 Å². The van der Waals surface area contributed by atoms with Gasteiger partial charge in [0.15, 0.2) is 17.5 Å². The number of hydrogen-bond donors (Lipinski definition) is 7. The molecule has 4 aliphatic heterocycles. The van der Waals surface area contributed by atoms with Crippen molar-refractivity contribution in [2.45, 2.75) is 114 Å². The molecule has 1 fully saturated rings. The normalized spacial score (nSPS) is 21.4. The van der Waals surface area contributed by atoms with E-state index < -0.39 is 150 Å². The number of alkyl carbamates (subject to hydrolysis) is 1. The summed E-state index contributed by atoms with van der Waals surface area (Å²) in [6.45, 7) is 0.941. The SMILES string of the molecule is CC[C@]1(O)C(=O)OCc2c1cc1n(c2=O)Cc2c-1nc1cc(F)c(C)c3c1c2[C@@H](NC(=O)OC(Cc1cn(CCN(CC(=O)N(C)CC(=O)O)C(=O)Cc2ccc(N4C(=O)C=CC4=O)cc2)nn1)c1ccc(OC2OC(C(=O)O)C(O)C(O)C2O)c([N+](=O)[O-])c1)CC3. The van der Waals surface area contributed by atoms with Crippen LogP contribution in [0.1, 0.15) is 82.1 Å². The van der Waals surface area contributed by atoms with Crippen LogP contribution in [0.5, 0.6) is 5.75 Å². The summed E-state index contributed by atoms with van der Waals surface area (Å²) < 4.78 is 40.6. The van der Waals surface area contributed by atoms with Gasteiger partial charge in [-0.3, -0.25) is 43.6 Å². The van der Waals surface area contributed by atoms with E-state index in [0.717, 1.165) is 39.0 Å². The molecule has 3 aromatic carbocycles. The number of cyclic esters (lactones) is 1. The van der Waals surface area contributed by atoms with Crippen molar-refractivity contribution in [3.8, 4) is 17.1 Å². The third-order valence-corrected chi connectivity index (χ3v) is 16.9. The fourth-order valence-electron chi connectivity index (χ4n) is 12.0. The summed E-state index contributed by atoms with van der Waals surface area (Å²) in [6, 6.07) is 10.9. The van der Waals surface area contributed by atoms with Gasteiger partial charge < -0.3 is 69.3 Å². The molecule has 0 saturated carbocycles. The number of carbonyl (C=O) groups is 8. The number of nitro benzene ring substituents is 1. The molecule has 31 nitrogen and oxygen atoms in total. The minimum Gasteiger partial charge on any atom is -0.480 e. The zero-order valence-corrected chi connectivity index (χ0v) is 49.0. The molecule has 11 rings (SSSR count). The second kappa shape index (κ2) is 24.8. The van der Waals surface area contributed by atoms with Gasteiger partial charge >= 0.3 is 29.7 Å². The summed E-state index contributed by atoms with van der Waals surface area (Å²) in [5, 5.41) is 86.6. The highest BCUT2D eigenvalue weighted by atomic mass is 19.1. The van der Waals surface area contributed by atoms with Gasteiger partial charge in [-0.2, -0.15) is 0 Å². The summed E-state index contributed by atoms with van der Waals surface area (Å²) in [4.78, 5) is 137. The Morgan fingerprint density at radius 3 is 2.36 bits per heavy atom. The largest absolute Gasteiger partial charge is 0.480 e. The number of aryl methyl sites for hydroxylation is 1. The maximum absolute atomic E-state index is 15.8. The van der Waals surface area contributed by atoms with Crippen LogP contribution in [0.15, 0.2) is 77.7 Å². The number of aliphatic carboxylic acids is 2. The third kappa shape index (κ3) is 11.7. The van der Waals surface area contributed by atoms with Crippen molar-refractivity contribution < 1.29 is 97.3 Å². The van der Waals surface area contributed by atoms with Gasteiger partial charge in [0.2, 0.25) is 18.1 Å². The molecule has 1 aliphatic carbocycles. The number of likely N-dealkylation sites (N-methyl/N-ethyl adjacent to an activating group) is 1. The third-order valence-electron chi connectivity index (χ3n) is 16.9. The van der Waals surface area contributed by atoms with E-state index in [1.165, 1.54) is 65.0 Å². The summed E-state index contributed by atoms with van der Waals surface area (Å²) in [7, 11) is 1.24. The van der Waals surface area contributed by atoms with Crippen molar-refractivity contribution in [3.63, 3.8) is 0 Å². The van der Waals surface area contributed by atoms with Crippen LogP contribution < -0.4 is 20.5 Å². The van der Waals surface area contributed by atoms with Gasteiger partial charge in [-0.25, -0.2) is 28.7 Å². The van der Waals surface area contributed by atoms with Crippen LogP contribution >= 0.6 is 0 Å². The number of hydrogen-bond acceptors (Lipinski definition) is 22. The van der Waals surface area contributed by atoms with Crippen LogP contribution in [-0.4, -0.2) is 175 Å². The lowest BCUT2D eigenvalue weighted by Crippen LogP contribution is -2.61. The zero-order valence-electron chi connectivity index (χ0n) is 49.0. The molecular formula is C60H57FN10O21. The summed E-state index contributed by atoms with van der Waals surface area (Å²) in [6.07, 6.45) is -10.1. The van der Waals surface area contributed by atoms with E-state index in [1.807, 2.05) is 0 Å². The number of nitro groups is 1. The van der Waals surface area contributed by atoms with Crippen LogP contribution in [0.2, 0.25) is 0 Å². The molecule has 0 spiro atoms. The molecule has 0 bridgehead atoms. The number of aliphatic hydroxyl groups excluding tert-OH is 3. The number of rotatable bonds is 20. The first-order valence-corrected chi connectivity index (χ1v) is 28.7. The second-order valence-electron chi connectivity index (χ2n) is 22.6.